The zero-order valence-corrected chi connectivity index (χ0v) is 28.2. The highest BCUT2D eigenvalue weighted by Crippen LogP contribution is 2.74. The molecule has 3 aliphatic rings. The number of allylic oxidation sites excluding steroid dienone is 2. The number of halogens is 1. The average molecular weight is 697 g/mol. The maximum Gasteiger partial charge on any atom is 0.271 e. The first kappa shape index (κ1) is 32.2. The minimum Gasteiger partial charge on any atom is -0.497 e. The third-order valence-corrected chi connectivity index (χ3v) is 10.9. The molecule has 0 radical (unpaired) electrons. The van der Waals surface area contributed by atoms with Gasteiger partial charge < -0.3 is 9.47 Å². The van der Waals surface area contributed by atoms with Crippen LogP contribution in [0.3, 0.4) is 0 Å². The number of ketones is 1. The number of nitro groups is 1. The number of nitro benzene ring substituents is 1. The molecule has 4 atom stereocenters. The third-order valence-electron chi connectivity index (χ3n) is 10.6. The Morgan fingerprint density at radius 3 is 1.47 bits per heavy atom. The summed E-state index contributed by atoms with van der Waals surface area (Å²) in [7, 11) is 3.13. The molecule has 252 valence electrons. The van der Waals surface area contributed by atoms with E-state index in [4.69, 9.17) is 21.1 Å². The Morgan fingerprint density at radius 2 is 1.08 bits per heavy atom. The number of carbonyl (C=O) groups excluding carboxylic acids is 3. The molecule has 2 bridgehead atoms. The van der Waals surface area contributed by atoms with Crippen LogP contribution in [0.15, 0.2) is 127 Å². The summed E-state index contributed by atoms with van der Waals surface area (Å²) in [6, 6.07) is 36.4. The van der Waals surface area contributed by atoms with E-state index in [2.05, 4.69) is 0 Å². The van der Waals surface area contributed by atoms with E-state index in [1.54, 1.807) is 38.5 Å². The standard InChI is InChI=1S/C41H29ClN2O7/c1-50-29-18-13-24(14-19-29)33-34(25-15-20-30(51-2)21-16-25)41(27-11-7-4-8-12-27)36-35(40(33,39(41)47)26-9-5-3-6-10-26)37(45)43(38(36)46)32-23-28(44(48)49)17-22-31(32)42/h3-23,35-36H,1-2H3/t35-,36-,40+,41+/m0/s1. The summed E-state index contributed by atoms with van der Waals surface area (Å²) < 4.78 is 11.0. The molecule has 0 aromatic heterocycles. The van der Waals surface area contributed by atoms with Crippen LogP contribution in [0.5, 0.6) is 11.5 Å². The van der Waals surface area contributed by atoms with Crippen molar-refractivity contribution in [2.75, 3.05) is 19.1 Å². The number of rotatable bonds is 8. The number of amides is 2. The van der Waals surface area contributed by atoms with Crippen molar-refractivity contribution >= 4 is 51.7 Å². The van der Waals surface area contributed by atoms with Gasteiger partial charge in [0, 0.05) is 12.1 Å². The van der Waals surface area contributed by atoms with Gasteiger partial charge in [0.2, 0.25) is 11.8 Å². The van der Waals surface area contributed by atoms with E-state index in [9.17, 15) is 10.1 Å². The summed E-state index contributed by atoms with van der Waals surface area (Å²) in [6.07, 6.45) is 0. The quantitative estimate of drug-likeness (QED) is 0.0940. The second kappa shape index (κ2) is 11.8. The van der Waals surface area contributed by atoms with Crippen LogP contribution in [0.1, 0.15) is 22.3 Å². The van der Waals surface area contributed by atoms with E-state index in [0.29, 0.717) is 44.9 Å². The van der Waals surface area contributed by atoms with Gasteiger partial charge in [0.25, 0.3) is 5.69 Å². The molecule has 9 nitrogen and oxygen atoms in total. The van der Waals surface area contributed by atoms with E-state index in [1.165, 1.54) is 12.1 Å². The molecule has 0 spiro atoms. The van der Waals surface area contributed by atoms with Crippen LogP contribution >= 0.6 is 11.6 Å². The summed E-state index contributed by atoms with van der Waals surface area (Å²) >= 11 is 6.63. The Kier molecular flexibility index (Phi) is 7.43. The number of fused-ring (bicyclic) bond motifs is 5. The Morgan fingerprint density at radius 1 is 0.647 bits per heavy atom. The average Bonchev–Trinajstić information content (AvgIpc) is 3.67. The highest BCUT2D eigenvalue weighted by Gasteiger charge is 2.82. The maximum atomic E-state index is 16.1. The highest BCUT2D eigenvalue weighted by molar-refractivity contribution is 6.41. The van der Waals surface area contributed by atoms with Crippen LogP contribution in [-0.4, -0.2) is 36.7 Å². The molecule has 0 N–H and O–H groups in total. The van der Waals surface area contributed by atoms with Gasteiger partial charge in [0.05, 0.1) is 52.5 Å². The van der Waals surface area contributed by atoms with Gasteiger partial charge in [-0.05, 0) is 63.7 Å². The normalized spacial score (nSPS) is 23.5. The lowest BCUT2D eigenvalue weighted by Gasteiger charge is -2.39. The van der Waals surface area contributed by atoms with Gasteiger partial charge >= 0.3 is 0 Å². The summed E-state index contributed by atoms with van der Waals surface area (Å²) in [5, 5.41) is 11.9. The lowest BCUT2D eigenvalue weighted by molar-refractivity contribution is -0.384. The number of carbonyl (C=O) groups is 3. The van der Waals surface area contributed by atoms with Gasteiger partial charge in [-0.15, -0.1) is 0 Å². The molecule has 2 fully saturated rings. The minimum absolute atomic E-state index is 0.0119. The molecular formula is C41H29ClN2O7. The van der Waals surface area contributed by atoms with Gasteiger partial charge in [0.1, 0.15) is 11.5 Å². The predicted octanol–water partition coefficient (Wildman–Crippen LogP) is 7.45. The first-order valence-electron chi connectivity index (χ1n) is 16.2. The Balaban J connectivity index is 1.53. The van der Waals surface area contributed by atoms with Gasteiger partial charge in [-0.1, -0.05) is 96.5 Å². The molecule has 10 heteroatoms. The third kappa shape index (κ3) is 4.24. The van der Waals surface area contributed by atoms with Crippen molar-refractivity contribution in [3.8, 4) is 11.5 Å². The number of Topliss-reactive ketones (excluding diaryl/α,β-unsaturated/α-hetero) is 1. The van der Waals surface area contributed by atoms with Gasteiger partial charge in [-0.3, -0.25) is 24.5 Å². The topological polar surface area (TPSA) is 116 Å². The van der Waals surface area contributed by atoms with Crippen molar-refractivity contribution < 1.29 is 28.8 Å². The van der Waals surface area contributed by atoms with E-state index in [1.807, 2.05) is 84.9 Å². The van der Waals surface area contributed by atoms with E-state index in [-0.39, 0.29) is 22.2 Å². The number of methoxy groups -OCH3 is 2. The fourth-order valence-corrected chi connectivity index (χ4v) is 8.87. The van der Waals surface area contributed by atoms with E-state index >= 15 is 14.4 Å². The molecule has 51 heavy (non-hydrogen) atoms. The van der Waals surface area contributed by atoms with Crippen LogP contribution in [-0.2, 0) is 25.2 Å². The Bertz CT molecular complexity index is 2160. The van der Waals surface area contributed by atoms with Crippen molar-refractivity contribution in [3.63, 3.8) is 0 Å². The molecule has 8 rings (SSSR count). The first-order valence-corrected chi connectivity index (χ1v) is 16.6. The van der Waals surface area contributed by atoms with Crippen molar-refractivity contribution in [2.24, 2.45) is 11.8 Å². The summed E-state index contributed by atoms with van der Waals surface area (Å²) in [4.78, 5) is 58.6. The Hall–Kier alpha value is -6.06. The number of nitrogens with zero attached hydrogens (tertiary/aromatic N) is 2. The van der Waals surface area contributed by atoms with E-state index in [0.717, 1.165) is 11.0 Å². The molecule has 5 aromatic carbocycles. The lowest BCUT2D eigenvalue weighted by Crippen LogP contribution is -2.45. The summed E-state index contributed by atoms with van der Waals surface area (Å²) in [5.74, 6) is -2.88. The number of imide groups is 1. The zero-order chi connectivity index (χ0) is 35.7. The number of hydrogen-bond acceptors (Lipinski definition) is 7. The van der Waals surface area contributed by atoms with Gasteiger partial charge in [-0.2, -0.15) is 0 Å². The van der Waals surface area contributed by atoms with Crippen molar-refractivity contribution in [1.82, 2.24) is 0 Å². The predicted molar refractivity (Wildman–Crippen MR) is 192 cm³/mol. The molecule has 2 amide bonds. The van der Waals surface area contributed by atoms with Crippen LogP contribution in [0, 0.1) is 22.0 Å². The number of benzene rings is 5. The SMILES string of the molecule is COc1ccc(C2=C(c3ccc(OC)cc3)[C@@]3(c4ccccc4)C(=O)[C@@]2(c2ccccc2)[C@@H]2C(=O)N(c4cc([N+](=O)[O-])ccc4Cl)C(=O)[C@H]23)cc1. The molecule has 1 saturated carbocycles. The molecule has 0 unspecified atom stereocenters. The molecule has 2 aliphatic carbocycles. The summed E-state index contributed by atoms with van der Waals surface area (Å²) in [6.45, 7) is 0. The second-order valence-corrected chi connectivity index (χ2v) is 13.2. The molecular weight excluding hydrogens is 668 g/mol. The van der Waals surface area contributed by atoms with Gasteiger partial charge in [0.15, 0.2) is 5.78 Å². The van der Waals surface area contributed by atoms with Crippen molar-refractivity contribution in [2.45, 2.75) is 10.8 Å². The van der Waals surface area contributed by atoms with Crippen LogP contribution < -0.4 is 14.4 Å². The lowest BCUT2D eigenvalue weighted by atomic mass is 9.59. The largest absolute Gasteiger partial charge is 0.497 e. The first-order chi connectivity index (χ1) is 24.7. The van der Waals surface area contributed by atoms with Crippen LogP contribution in [0.2, 0.25) is 5.02 Å². The number of anilines is 1. The molecule has 1 saturated heterocycles. The molecule has 5 aromatic rings. The molecule has 1 heterocycles. The number of non-ortho nitro benzene ring substituents is 1. The zero-order valence-electron chi connectivity index (χ0n) is 27.4. The van der Waals surface area contributed by atoms with E-state index < -0.39 is 39.4 Å². The maximum absolute atomic E-state index is 16.1. The fourth-order valence-electron chi connectivity index (χ4n) is 8.66. The monoisotopic (exact) mass is 696 g/mol. The minimum atomic E-state index is -1.67. The van der Waals surface area contributed by atoms with Crippen molar-refractivity contribution in [3.05, 3.63) is 165 Å². The molecule has 1 aliphatic heterocycles. The highest BCUT2D eigenvalue weighted by atomic mass is 35.5. The summed E-state index contributed by atoms with van der Waals surface area (Å²) in [5.41, 5.74) is -0.168. The number of ether oxygens (including phenoxy) is 2. The van der Waals surface area contributed by atoms with Crippen LogP contribution in [0.4, 0.5) is 11.4 Å². The van der Waals surface area contributed by atoms with Crippen molar-refractivity contribution in [1.29, 1.82) is 0 Å². The number of hydrogen-bond donors (Lipinski definition) is 0. The fraction of sp³-hybridized carbons (Fsp3) is 0.146. The Labute approximate surface area is 297 Å². The van der Waals surface area contributed by atoms with Gasteiger partial charge in [-0.25, -0.2) is 4.90 Å². The second-order valence-electron chi connectivity index (χ2n) is 12.7. The van der Waals surface area contributed by atoms with Crippen LogP contribution in [0.25, 0.3) is 11.1 Å². The smallest absolute Gasteiger partial charge is 0.271 e.